The Morgan fingerprint density at radius 3 is 2.33 bits per heavy atom. The molecule has 0 aliphatic rings. The number of carbonyl (C=O) groups excluding carboxylic acids is 1. The minimum atomic E-state index is -0.0949. The SMILES string of the molecule is CCN(CC)CC(=O)OCCCC(C)C. The maximum absolute atomic E-state index is 11.4. The van der Waals surface area contributed by atoms with Gasteiger partial charge in [-0.15, -0.1) is 0 Å². The lowest BCUT2D eigenvalue weighted by atomic mass is 10.1. The fourth-order valence-corrected chi connectivity index (χ4v) is 1.35. The summed E-state index contributed by atoms with van der Waals surface area (Å²) in [4.78, 5) is 13.4. The van der Waals surface area contributed by atoms with Gasteiger partial charge in [0, 0.05) is 0 Å². The molecule has 0 N–H and O–H groups in total. The summed E-state index contributed by atoms with van der Waals surface area (Å²) in [6.07, 6.45) is 2.10. The van der Waals surface area contributed by atoms with Gasteiger partial charge in [0.25, 0.3) is 0 Å². The zero-order chi connectivity index (χ0) is 11.7. The van der Waals surface area contributed by atoms with Crippen LogP contribution in [0.25, 0.3) is 0 Å². The molecule has 0 saturated heterocycles. The van der Waals surface area contributed by atoms with Crippen molar-refractivity contribution in [1.82, 2.24) is 4.90 Å². The molecule has 0 radical (unpaired) electrons. The molecule has 0 aromatic carbocycles. The van der Waals surface area contributed by atoms with Gasteiger partial charge in [0.2, 0.25) is 0 Å². The summed E-state index contributed by atoms with van der Waals surface area (Å²) in [6.45, 7) is 11.3. The molecule has 0 fully saturated rings. The van der Waals surface area contributed by atoms with Crippen molar-refractivity contribution < 1.29 is 9.53 Å². The summed E-state index contributed by atoms with van der Waals surface area (Å²) in [5.41, 5.74) is 0. The smallest absolute Gasteiger partial charge is 0.320 e. The Morgan fingerprint density at radius 2 is 1.87 bits per heavy atom. The maximum atomic E-state index is 11.4. The van der Waals surface area contributed by atoms with Crippen molar-refractivity contribution >= 4 is 5.97 Å². The number of likely N-dealkylation sites (N-methyl/N-ethyl adjacent to an activating group) is 1. The number of carbonyl (C=O) groups is 1. The first kappa shape index (κ1) is 14.4. The van der Waals surface area contributed by atoms with Gasteiger partial charge in [-0.2, -0.15) is 0 Å². The van der Waals surface area contributed by atoms with E-state index < -0.39 is 0 Å². The third kappa shape index (κ3) is 8.43. The largest absolute Gasteiger partial charge is 0.465 e. The molecule has 0 atom stereocenters. The first-order chi connectivity index (χ1) is 7.10. The fourth-order valence-electron chi connectivity index (χ4n) is 1.35. The molecule has 0 aliphatic heterocycles. The zero-order valence-corrected chi connectivity index (χ0v) is 10.6. The van der Waals surface area contributed by atoms with E-state index in [0.717, 1.165) is 25.9 Å². The van der Waals surface area contributed by atoms with Crippen LogP contribution < -0.4 is 0 Å². The van der Waals surface area contributed by atoms with Crippen molar-refractivity contribution in [3.63, 3.8) is 0 Å². The summed E-state index contributed by atoms with van der Waals surface area (Å²) in [5, 5.41) is 0. The Hall–Kier alpha value is -0.570. The van der Waals surface area contributed by atoms with E-state index >= 15 is 0 Å². The van der Waals surface area contributed by atoms with Crippen LogP contribution in [0.4, 0.5) is 0 Å². The highest BCUT2D eigenvalue weighted by Gasteiger charge is 2.07. The van der Waals surface area contributed by atoms with Crippen LogP contribution in [-0.4, -0.2) is 37.1 Å². The van der Waals surface area contributed by atoms with Gasteiger partial charge in [0.05, 0.1) is 13.2 Å². The first-order valence-electron chi connectivity index (χ1n) is 5.98. The highest BCUT2D eigenvalue weighted by atomic mass is 16.5. The maximum Gasteiger partial charge on any atom is 0.320 e. The van der Waals surface area contributed by atoms with Gasteiger partial charge in [-0.25, -0.2) is 0 Å². The van der Waals surface area contributed by atoms with E-state index in [4.69, 9.17) is 4.74 Å². The molecule has 3 nitrogen and oxygen atoms in total. The molecule has 0 aliphatic carbocycles. The molecule has 15 heavy (non-hydrogen) atoms. The van der Waals surface area contributed by atoms with Crippen LogP contribution in [0, 0.1) is 5.92 Å². The molecule has 0 heterocycles. The second-order valence-electron chi connectivity index (χ2n) is 4.22. The predicted molar refractivity (Wildman–Crippen MR) is 62.8 cm³/mol. The lowest BCUT2D eigenvalue weighted by Gasteiger charge is -2.16. The van der Waals surface area contributed by atoms with Crippen LogP contribution in [0.5, 0.6) is 0 Å². The lowest BCUT2D eigenvalue weighted by Crippen LogP contribution is -2.30. The molecular weight excluding hydrogens is 190 g/mol. The Bertz CT molecular complexity index is 165. The number of rotatable bonds is 8. The summed E-state index contributed by atoms with van der Waals surface area (Å²) >= 11 is 0. The second kappa shape index (κ2) is 8.72. The van der Waals surface area contributed by atoms with E-state index in [9.17, 15) is 4.79 Å². The number of hydrogen-bond donors (Lipinski definition) is 0. The average molecular weight is 215 g/mol. The van der Waals surface area contributed by atoms with Crippen molar-refractivity contribution in [3.05, 3.63) is 0 Å². The van der Waals surface area contributed by atoms with Crippen molar-refractivity contribution in [2.24, 2.45) is 5.92 Å². The van der Waals surface area contributed by atoms with E-state index in [2.05, 4.69) is 32.6 Å². The van der Waals surface area contributed by atoms with Gasteiger partial charge in [0.15, 0.2) is 0 Å². The Kier molecular flexibility index (Phi) is 8.38. The fraction of sp³-hybridized carbons (Fsp3) is 0.917. The number of ether oxygens (including phenoxy) is 1. The second-order valence-corrected chi connectivity index (χ2v) is 4.22. The third-order valence-corrected chi connectivity index (χ3v) is 2.44. The molecule has 0 unspecified atom stereocenters. The highest BCUT2D eigenvalue weighted by Crippen LogP contribution is 2.03. The number of nitrogens with zero attached hydrogens (tertiary/aromatic N) is 1. The molecule has 0 spiro atoms. The molecule has 90 valence electrons. The van der Waals surface area contributed by atoms with Gasteiger partial charge >= 0.3 is 5.97 Å². The van der Waals surface area contributed by atoms with Gasteiger partial charge in [-0.05, 0) is 31.8 Å². The van der Waals surface area contributed by atoms with Crippen molar-refractivity contribution in [1.29, 1.82) is 0 Å². The van der Waals surface area contributed by atoms with E-state index in [0.29, 0.717) is 19.1 Å². The number of esters is 1. The van der Waals surface area contributed by atoms with Crippen LogP contribution in [-0.2, 0) is 9.53 Å². The quantitative estimate of drug-likeness (QED) is 0.459. The van der Waals surface area contributed by atoms with Crippen LogP contribution in [0.15, 0.2) is 0 Å². The molecular formula is C12H25NO2. The summed E-state index contributed by atoms with van der Waals surface area (Å²) in [7, 11) is 0. The van der Waals surface area contributed by atoms with E-state index in [1.807, 2.05) is 0 Å². The van der Waals surface area contributed by atoms with E-state index in [1.54, 1.807) is 0 Å². The van der Waals surface area contributed by atoms with Gasteiger partial charge in [-0.1, -0.05) is 27.7 Å². The molecule has 0 amide bonds. The highest BCUT2D eigenvalue weighted by molar-refractivity contribution is 5.71. The van der Waals surface area contributed by atoms with Gasteiger partial charge in [0.1, 0.15) is 0 Å². The van der Waals surface area contributed by atoms with Crippen molar-refractivity contribution in [2.45, 2.75) is 40.5 Å². The van der Waals surface area contributed by atoms with Crippen molar-refractivity contribution in [2.75, 3.05) is 26.2 Å². The molecule has 3 heteroatoms. The monoisotopic (exact) mass is 215 g/mol. The Morgan fingerprint density at radius 1 is 1.27 bits per heavy atom. The van der Waals surface area contributed by atoms with Gasteiger partial charge in [-0.3, -0.25) is 9.69 Å². The van der Waals surface area contributed by atoms with Crippen LogP contribution in [0.1, 0.15) is 40.5 Å². The topological polar surface area (TPSA) is 29.5 Å². The number of hydrogen-bond acceptors (Lipinski definition) is 3. The average Bonchev–Trinajstić information content (AvgIpc) is 2.20. The first-order valence-corrected chi connectivity index (χ1v) is 5.98. The van der Waals surface area contributed by atoms with Gasteiger partial charge < -0.3 is 4.74 Å². The molecule has 0 rings (SSSR count). The minimum absolute atomic E-state index is 0.0949. The standard InChI is InChI=1S/C12H25NO2/c1-5-13(6-2)10-12(14)15-9-7-8-11(3)4/h11H,5-10H2,1-4H3. The summed E-state index contributed by atoms with van der Waals surface area (Å²) in [6, 6.07) is 0. The Labute approximate surface area is 93.8 Å². The zero-order valence-electron chi connectivity index (χ0n) is 10.6. The molecule has 0 bridgehead atoms. The van der Waals surface area contributed by atoms with Crippen LogP contribution in [0.3, 0.4) is 0 Å². The normalized spacial score (nSPS) is 11.1. The third-order valence-electron chi connectivity index (χ3n) is 2.44. The van der Waals surface area contributed by atoms with E-state index in [-0.39, 0.29) is 5.97 Å². The predicted octanol–water partition coefficient (Wildman–Crippen LogP) is 2.31. The molecule has 0 aromatic heterocycles. The van der Waals surface area contributed by atoms with E-state index in [1.165, 1.54) is 0 Å². The summed E-state index contributed by atoms with van der Waals surface area (Å²) < 4.78 is 5.15. The van der Waals surface area contributed by atoms with Crippen molar-refractivity contribution in [3.8, 4) is 0 Å². The molecule has 0 saturated carbocycles. The summed E-state index contributed by atoms with van der Waals surface area (Å²) in [5.74, 6) is 0.592. The van der Waals surface area contributed by atoms with Crippen LogP contribution >= 0.6 is 0 Å². The Balaban J connectivity index is 3.48. The molecule has 0 aromatic rings. The van der Waals surface area contributed by atoms with Crippen LogP contribution in [0.2, 0.25) is 0 Å². The lowest BCUT2D eigenvalue weighted by molar-refractivity contribution is -0.145. The minimum Gasteiger partial charge on any atom is -0.465 e.